The van der Waals surface area contributed by atoms with Crippen molar-refractivity contribution in [3.05, 3.63) is 42.0 Å². The lowest BCUT2D eigenvalue weighted by atomic mass is 9.98. The largest absolute Gasteiger partial charge is 0.462 e. The zero-order valence-electron chi connectivity index (χ0n) is 13.1. The minimum atomic E-state index is -0.0854. The Labute approximate surface area is 135 Å². The molecule has 0 radical (unpaired) electrons. The molecule has 23 heavy (non-hydrogen) atoms. The summed E-state index contributed by atoms with van der Waals surface area (Å²) >= 11 is 0. The minimum absolute atomic E-state index is 0.0854. The van der Waals surface area contributed by atoms with Gasteiger partial charge in [-0.3, -0.25) is 0 Å². The highest BCUT2D eigenvalue weighted by atomic mass is 16.4. The highest BCUT2D eigenvalue weighted by Gasteiger charge is 2.21. The number of nitrogens with one attached hydrogen (secondary N) is 1. The van der Waals surface area contributed by atoms with Crippen LogP contribution in [0.3, 0.4) is 0 Å². The predicted octanol–water partition coefficient (Wildman–Crippen LogP) is 1.99. The van der Waals surface area contributed by atoms with Crippen LogP contribution in [0.15, 0.2) is 34.9 Å². The molecule has 6 heteroatoms. The Morgan fingerprint density at radius 2 is 1.96 bits per heavy atom. The van der Waals surface area contributed by atoms with E-state index in [0.29, 0.717) is 18.2 Å². The second kappa shape index (κ2) is 7.48. The fourth-order valence-electron chi connectivity index (χ4n) is 2.90. The summed E-state index contributed by atoms with van der Waals surface area (Å²) in [6.45, 7) is 2.55. The van der Waals surface area contributed by atoms with E-state index >= 15 is 0 Å². The van der Waals surface area contributed by atoms with Gasteiger partial charge in [-0.2, -0.15) is 0 Å². The van der Waals surface area contributed by atoms with Crippen LogP contribution in [0.25, 0.3) is 0 Å². The summed E-state index contributed by atoms with van der Waals surface area (Å²) in [6.07, 6.45) is 3.78. The molecule has 1 aliphatic rings. The summed E-state index contributed by atoms with van der Waals surface area (Å²) in [4.78, 5) is 6.78. The van der Waals surface area contributed by atoms with Gasteiger partial charge in [0.15, 0.2) is 5.82 Å². The van der Waals surface area contributed by atoms with Gasteiger partial charge in [-0.1, -0.05) is 0 Å². The quantitative estimate of drug-likeness (QED) is 0.756. The summed E-state index contributed by atoms with van der Waals surface area (Å²) < 4.78 is 5.49. The molecule has 0 bridgehead atoms. The molecule has 1 fully saturated rings. The molecule has 0 atom stereocenters. The van der Waals surface area contributed by atoms with E-state index in [1.54, 1.807) is 12.3 Å². The lowest BCUT2D eigenvalue weighted by molar-refractivity contribution is 0.203. The van der Waals surface area contributed by atoms with Crippen LogP contribution in [0.2, 0.25) is 0 Å². The van der Waals surface area contributed by atoms with Gasteiger partial charge in [0.2, 0.25) is 0 Å². The van der Waals surface area contributed by atoms with Crippen LogP contribution in [0.4, 0.5) is 11.5 Å². The maximum absolute atomic E-state index is 9.26. The molecule has 3 heterocycles. The van der Waals surface area contributed by atoms with E-state index in [4.69, 9.17) is 9.52 Å². The van der Waals surface area contributed by atoms with Gasteiger partial charge in [0.05, 0.1) is 12.2 Å². The number of anilines is 2. The normalized spacial score (nSPS) is 15.8. The number of piperidine rings is 1. The molecular weight excluding hydrogens is 294 g/mol. The SMILES string of the molecule is OCc1ccc(CNc2cccnc2N2CCC(CO)CC2)o1. The van der Waals surface area contributed by atoms with Gasteiger partial charge < -0.3 is 24.8 Å². The third-order valence-electron chi connectivity index (χ3n) is 4.29. The summed E-state index contributed by atoms with van der Waals surface area (Å²) in [6, 6.07) is 7.56. The molecule has 0 unspecified atom stereocenters. The number of aromatic nitrogens is 1. The molecule has 0 aromatic carbocycles. The van der Waals surface area contributed by atoms with Crippen LogP contribution < -0.4 is 10.2 Å². The molecule has 2 aromatic heterocycles. The van der Waals surface area contributed by atoms with Gasteiger partial charge in [0.1, 0.15) is 18.1 Å². The van der Waals surface area contributed by atoms with Crippen LogP contribution in [-0.2, 0) is 13.2 Å². The van der Waals surface area contributed by atoms with Crippen LogP contribution >= 0.6 is 0 Å². The second-order valence-corrected chi connectivity index (χ2v) is 5.87. The molecular formula is C17H23N3O3. The molecule has 0 aliphatic carbocycles. The highest BCUT2D eigenvalue weighted by Crippen LogP contribution is 2.28. The van der Waals surface area contributed by atoms with Gasteiger partial charge in [-0.05, 0) is 43.0 Å². The van der Waals surface area contributed by atoms with Crippen molar-refractivity contribution >= 4 is 11.5 Å². The maximum Gasteiger partial charge on any atom is 0.151 e. The predicted molar refractivity (Wildman–Crippen MR) is 88.2 cm³/mol. The first-order chi connectivity index (χ1) is 11.3. The van der Waals surface area contributed by atoms with Crippen LogP contribution in [0, 0.1) is 5.92 Å². The van der Waals surface area contributed by atoms with E-state index in [9.17, 15) is 5.11 Å². The van der Waals surface area contributed by atoms with Crippen molar-refractivity contribution < 1.29 is 14.6 Å². The van der Waals surface area contributed by atoms with Crippen molar-refractivity contribution in [2.75, 3.05) is 29.9 Å². The van der Waals surface area contributed by atoms with Crippen molar-refractivity contribution in [2.45, 2.75) is 26.0 Å². The Hall–Kier alpha value is -2.05. The van der Waals surface area contributed by atoms with Crippen molar-refractivity contribution in [3.8, 4) is 0 Å². The first-order valence-corrected chi connectivity index (χ1v) is 8.03. The van der Waals surface area contributed by atoms with E-state index in [1.165, 1.54) is 0 Å². The van der Waals surface area contributed by atoms with Crippen molar-refractivity contribution in [2.24, 2.45) is 5.92 Å². The number of rotatable bonds is 6. The zero-order valence-corrected chi connectivity index (χ0v) is 13.1. The zero-order chi connectivity index (χ0) is 16.1. The number of nitrogens with zero attached hydrogens (tertiary/aromatic N) is 2. The average molecular weight is 317 g/mol. The summed E-state index contributed by atoms with van der Waals surface area (Å²) in [5.74, 6) is 2.70. The number of pyridine rings is 1. The summed E-state index contributed by atoms with van der Waals surface area (Å²) in [5.41, 5.74) is 0.969. The van der Waals surface area contributed by atoms with E-state index in [-0.39, 0.29) is 13.2 Å². The molecule has 6 nitrogen and oxygen atoms in total. The first kappa shape index (κ1) is 15.8. The minimum Gasteiger partial charge on any atom is -0.462 e. The van der Waals surface area contributed by atoms with Gasteiger partial charge in [0.25, 0.3) is 0 Å². The van der Waals surface area contributed by atoms with Gasteiger partial charge in [0, 0.05) is 25.9 Å². The standard InChI is InChI=1S/C17H23N3O3/c21-11-13-5-8-20(9-6-13)17-16(2-1-7-18-17)19-10-14-3-4-15(12-22)23-14/h1-4,7,13,19,21-22H,5-6,8-12H2. The molecule has 0 spiro atoms. The fourth-order valence-corrected chi connectivity index (χ4v) is 2.90. The first-order valence-electron chi connectivity index (χ1n) is 8.03. The molecule has 1 aliphatic heterocycles. The summed E-state index contributed by atoms with van der Waals surface area (Å²) in [5, 5.41) is 21.7. The molecule has 0 saturated carbocycles. The Kier molecular flexibility index (Phi) is 5.15. The number of furan rings is 1. The lowest BCUT2D eigenvalue weighted by Crippen LogP contribution is -2.35. The molecule has 124 valence electrons. The third kappa shape index (κ3) is 3.83. The average Bonchev–Trinajstić information content (AvgIpc) is 3.08. The third-order valence-corrected chi connectivity index (χ3v) is 4.29. The molecule has 0 amide bonds. The van der Waals surface area contributed by atoms with E-state index < -0.39 is 0 Å². The molecule has 3 rings (SSSR count). The van der Waals surface area contributed by atoms with Crippen LogP contribution in [-0.4, -0.2) is 34.9 Å². The highest BCUT2D eigenvalue weighted by molar-refractivity contribution is 5.65. The van der Waals surface area contributed by atoms with Gasteiger partial charge in [-0.15, -0.1) is 0 Å². The summed E-state index contributed by atoms with van der Waals surface area (Å²) in [7, 11) is 0. The Balaban J connectivity index is 1.66. The van der Waals surface area contributed by atoms with Crippen molar-refractivity contribution in [1.29, 1.82) is 0 Å². The molecule has 1 saturated heterocycles. The number of hydrogen-bond donors (Lipinski definition) is 3. The number of hydrogen-bond acceptors (Lipinski definition) is 6. The van der Waals surface area contributed by atoms with E-state index in [2.05, 4.69) is 15.2 Å². The van der Waals surface area contributed by atoms with Crippen molar-refractivity contribution in [3.63, 3.8) is 0 Å². The maximum atomic E-state index is 9.26. The van der Waals surface area contributed by atoms with Gasteiger partial charge >= 0.3 is 0 Å². The van der Waals surface area contributed by atoms with E-state index in [0.717, 1.165) is 43.2 Å². The van der Waals surface area contributed by atoms with Gasteiger partial charge in [-0.25, -0.2) is 4.98 Å². The molecule has 2 aromatic rings. The lowest BCUT2D eigenvalue weighted by Gasteiger charge is -2.33. The molecule has 3 N–H and O–H groups in total. The fraction of sp³-hybridized carbons (Fsp3) is 0.471. The monoisotopic (exact) mass is 317 g/mol. The second-order valence-electron chi connectivity index (χ2n) is 5.87. The van der Waals surface area contributed by atoms with Crippen LogP contribution in [0.5, 0.6) is 0 Å². The Morgan fingerprint density at radius 3 is 2.65 bits per heavy atom. The van der Waals surface area contributed by atoms with E-state index in [1.807, 2.05) is 18.2 Å². The topological polar surface area (TPSA) is 81.8 Å². The number of aliphatic hydroxyl groups is 2. The van der Waals surface area contributed by atoms with Crippen molar-refractivity contribution in [1.82, 2.24) is 4.98 Å². The Bertz CT molecular complexity index is 621. The Morgan fingerprint density at radius 1 is 1.17 bits per heavy atom. The smallest absolute Gasteiger partial charge is 0.151 e. The number of aliphatic hydroxyl groups excluding tert-OH is 2. The van der Waals surface area contributed by atoms with Crippen LogP contribution in [0.1, 0.15) is 24.4 Å².